The van der Waals surface area contributed by atoms with E-state index in [0.717, 1.165) is 32.5 Å². The van der Waals surface area contributed by atoms with E-state index in [9.17, 15) is 4.79 Å². The largest absolute Gasteiger partial charge is 0.337 e. The Labute approximate surface area is 119 Å². The summed E-state index contributed by atoms with van der Waals surface area (Å²) >= 11 is 0. The number of carbonyl (C=O) groups is 1. The van der Waals surface area contributed by atoms with E-state index in [1.807, 2.05) is 11.9 Å². The van der Waals surface area contributed by atoms with Gasteiger partial charge in [0.05, 0.1) is 11.9 Å². The number of anilines is 1. The Bertz CT molecular complexity index is 439. The second-order valence-electron chi connectivity index (χ2n) is 5.16. The molecule has 0 unspecified atom stereocenters. The fraction of sp³-hybridized carbons (Fsp3) is 0.571. The molecule has 0 atom stereocenters. The molecule has 6 heteroatoms. The molecule has 1 aromatic heterocycles. The van der Waals surface area contributed by atoms with Crippen LogP contribution in [0.2, 0.25) is 0 Å². The van der Waals surface area contributed by atoms with Crippen molar-refractivity contribution in [2.75, 3.05) is 32.1 Å². The predicted molar refractivity (Wildman–Crippen MR) is 79.3 cm³/mol. The SMILES string of the molecule is CCN1CCC(N(C)C(=O)c2ccc(NN)cn2)CC1. The molecule has 1 aliphatic rings. The molecule has 1 aromatic rings. The number of nitrogens with one attached hydrogen (secondary N) is 1. The van der Waals surface area contributed by atoms with Gasteiger partial charge in [-0.15, -0.1) is 0 Å². The van der Waals surface area contributed by atoms with Crippen molar-refractivity contribution in [2.24, 2.45) is 5.84 Å². The number of pyridine rings is 1. The third-order valence-electron chi connectivity index (χ3n) is 4.02. The number of piperidine rings is 1. The summed E-state index contributed by atoms with van der Waals surface area (Å²) in [6, 6.07) is 3.77. The topological polar surface area (TPSA) is 74.5 Å². The first-order valence-corrected chi connectivity index (χ1v) is 7.08. The predicted octanol–water partition coefficient (Wildman–Crippen LogP) is 0.924. The van der Waals surface area contributed by atoms with Crippen molar-refractivity contribution in [2.45, 2.75) is 25.8 Å². The molecule has 2 heterocycles. The van der Waals surface area contributed by atoms with Crippen LogP contribution in [0.25, 0.3) is 0 Å². The number of rotatable bonds is 4. The maximum atomic E-state index is 12.4. The van der Waals surface area contributed by atoms with Crippen LogP contribution < -0.4 is 11.3 Å². The molecule has 1 fully saturated rings. The zero-order valence-corrected chi connectivity index (χ0v) is 12.2. The standard InChI is InChI=1S/C14H23N5O/c1-3-19-8-6-12(7-9-19)18(2)14(20)13-5-4-11(17-15)10-16-13/h4-5,10,12,17H,3,6-9,15H2,1-2H3. The number of nitrogens with two attached hydrogens (primary N) is 1. The summed E-state index contributed by atoms with van der Waals surface area (Å²) in [5.41, 5.74) is 3.66. The van der Waals surface area contributed by atoms with Gasteiger partial charge in [-0.1, -0.05) is 6.92 Å². The molecule has 1 saturated heterocycles. The third kappa shape index (κ3) is 3.26. The lowest BCUT2D eigenvalue weighted by atomic mass is 10.0. The van der Waals surface area contributed by atoms with E-state index in [1.54, 1.807) is 18.3 Å². The molecule has 3 N–H and O–H groups in total. The van der Waals surface area contributed by atoms with Crippen molar-refractivity contribution >= 4 is 11.6 Å². The summed E-state index contributed by atoms with van der Waals surface area (Å²) in [4.78, 5) is 20.8. The van der Waals surface area contributed by atoms with Crippen molar-refractivity contribution in [3.05, 3.63) is 24.0 Å². The Balaban J connectivity index is 1.97. The second-order valence-corrected chi connectivity index (χ2v) is 5.16. The van der Waals surface area contributed by atoms with E-state index in [4.69, 9.17) is 5.84 Å². The highest BCUT2D eigenvalue weighted by Gasteiger charge is 2.25. The molecule has 0 saturated carbocycles. The lowest BCUT2D eigenvalue weighted by molar-refractivity contribution is 0.0641. The molecule has 110 valence electrons. The lowest BCUT2D eigenvalue weighted by Gasteiger charge is -2.36. The van der Waals surface area contributed by atoms with Crippen LogP contribution in [-0.2, 0) is 0 Å². The fourth-order valence-corrected chi connectivity index (χ4v) is 2.58. The fourth-order valence-electron chi connectivity index (χ4n) is 2.58. The molecule has 0 spiro atoms. The lowest BCUT2D eigenvalue weighted by Crippen LogP contribution is -2.45. The molecule has 2 rings (SSSR count). The summed E-state index contributed by atoms with van der Waals surface area (Å²) in [5, 5.41) is 0. The molecule has 0 aromatic carbocycles. The molecule has 20 heavy (non-hydrogen) atoms. The maximum absolute atomic E-state index is 12.4. The van der Waals surface area contributed by atoms with Gasteiger partial charge >= 0.3 is 0 Å². The van der Waals surface area contributed by atoms with Crippen molar-refractivity contribution in [3.8, 4) is 0 Å². The van der Waals surface area contributed by atoms with Crippen LogP contribution in [0, 0.1) is 0 Å². The number of hydrazine groups is 1. The highest BCUT2D eigenvalue weighted by atomic mass is 16.2. The quantitative estimate of drug-likeness (QED) is 0.632. The number of nitrogen functional groups attached to an aromatic ring is 1. The van der Waals surface area contributed by atoms with Crippen LogP contribution in [0.4, 0.5) is 5.69 Å². The van der Waals surface area contributed by atoms with Crippen molar-refractivity contribution < 1.29 is 4.79 Å². The summed E-state index contributed by atoms with van der Waals surface area (Å²) in [6.45, 7) is 5.37. The number of carbonyl (C=O) groups excluding carboxylic acids is 1. The minimum absolute atomic E-state index is 0.0245. The summed E-state index contributed by atoms with van der Waals surface area (Å²) < 4.78 is 0. The number of hydrogen-bond acceptors (Lipinski definition) is 5. The van der Waals surface area contributed by atoms with E-state index in [-0.39, 0.29) is 5.91 Å². The number of hydrogen-bond donors (Lipinski definition) is 2. The Morgan fingerprint density at radius 3 is 2.70 bits per heavy atom. The van der Waals surface area contributed by atoms with E-state index >= 15 is 0 Å². The minimum Gasteiger partial charge on any atom is -0.337 e. The van der Waals surface area contributed by atoms with Gasteiger partial charge in [-0.05, 0) is 31.5 Å². The van der Waals surface area contributed by atoms with Gasteiger partial charge in [-0.25, -0.2) is 4.98 Å². The highest BCUT2D eigenvalue weighted by Crippen LogP contribution is 2.17. The first-order valence-electron chi connectivity index (χ1n) is 7.08. The van der Waals surface area contributed by atoms with Gasteiger partial charge in [-0.2, -0.15) is 0 Å². The molecule has 0 radical (unpaired) electrons. The van der Waals surface area contributed by atoms with Gasteiger partial charge in [0, 0.05) is 26.2 Å². The molecule has 6 nitrogen and oxygen atoms in total. The number of nitrogens with zero attached hydrogens (tertiary/aromatic N) is 3. The van der Waals surface area contributed by atoms with Crippen LogP contribution >= 0.6 is 0 Å². The van der Waals surface area contributed by atoms with E-state index in [0.29, 0.717) is 17.4 Å². The number of likely N-dealkylation sites (tertiary alicyclic amines) is 1. The van der Waals surface area contributed by atoms with Gasteiger partial charge in [0.25, 0.3) is 5.91 Å². The Morgan fingerprint density at radius 1 is 1.50 bits per heavy atom. The Kier molecular flexibility index (Phi) is 4.92. The minimum atomic E-state index is -0.0245. The van der Waals surface area contributed by atoms with Crippen molar-refractivity contribution in [1.82, 2.24) is 14.8 Å². The average Bonchev–Trinajstić information content (AvgIpc) is 2.53. The Morgan fingerprint density at radius 2 is 2.20 bits per heavy atom. The van der Waals surface area contributed by atoms with Crippen LogP contribution in [0.15, 0.2) is 18.3 Å². The van der Waals surface area contributed by atoms with Crippen LogP contribution in [0.3, 0.4) is 0 Å². The second kappa shape index (κ2) is 6.67. The highest BCUT2D eigenvalue weighted by molar-refractivity contribution is 5.92. The zero-order valence-electron chi connectivity index (χ0n) is 12.2. The molecule has 0 aliphatic carbocycles. The Hall–Kier alpha value is -1.66. The van der Waals surface area contributed by atoms with Crippen LogP contribution in [0.1, 0.15) is 30.3 Å². The van der Waals surface area contributed by atoms with E-state index in [1.165, 1.54) is 0 Å². The zero-order chi connectivity index (χ0) is 14.5. The molecular weight excluding hydrogens is 254 g/mol. The van der Waals surface area contributed by atoms with Crippen molar-refractivity contribution in [1.29, 1.82) is 0 Å². The van der Waals surface area contributed by atoms with Gasteiger partial charge < -0.3 is 15.2 Å². The normalized spacial score (nSPS) is 16.9. The van der Waals surface area contributed by atoms with E-state index in [2.05, 4.69) is 22.2 Å². The first kappa shape index (κ1) is 14.7. The molecule has 1 amide bonds. The van der Waals surface area contributed by atoms with Gasteiger partial charge in [0.1, 0.15) is 5.69 Å². The maximum Gasteiger partial charge on any atom is 0.272 e. The summed E-state index contributed by atoms with van der Waals surface area (Å²) in [7, 11) is 1.87. The average molecular weight is 277 g/mol. The van der Waals surface area contributed by atoms with E-state index < -0.39 is 0 Å². The van der Waals surface area contributed by atoms with Crippen LogP contribution in [-0.4, -0.2) is 53.4 Å². The molecular formula is C14H23N5O. The number of aromatic nitrogens is 1. The summed E-state index contributed by atoms with van der Waals surface area (Å²) in [5.74, 6) is 5.26. The summed E-state index contributed by atoms with van der Waals surface area (Å²) in [6.07, 6.45) is 3.62. The van der Waals surface area contributed by atoms with Crippen LogP contribution in [0.5, 0.6) is 0 Å². The molecule has 0 bridgehead atoms. The monoisotopic (exact) mass is 277 g/mol. The molecule has 1 aliphatic heterocycles. The van der Waals surface area contributed by atoms with Gasteiger partial charge in [0.15, 0.2) is 0 Å². The van der Waals surface area contributed by atoms with Crippen molar-refractivity contribution in [3.63, 3.8) is 0 Å². The first-order chi connectivity index (χ1) is 9.65. The van der Waals surface area contributed by atoms with Gasteiger partial charge in [-0.3, -0.25) is 10.6 Å². The number of amides is 1. The smallest absolute Gasteiger partial charge is 0.272 e. The third-order valence-corrected chi connectivity index (χ3v) is 4.02. The van der Waals surface area contributed by atoms with Gasteiger partial charge in [0.2, 0.25) is 0 Å².